The molecule has 0 spiro atoms. The first-order valence-corrected chi connectivity index (χ1v) is 24.0. The highest BCUT2D eigenvalue weighted by Crippen LogP contribution is 2.50. The number of benzene rings is 8. The number of aryl methyl sites for hydroxylation is 3. The summed E-state index contributed by atoms with van der Waals surface area (Å²) in [4.78, 5) is 4.84. The number of para-hydroxylation sites is 3. The first-order valence-electron chi connectivity index (χ1n) is 24.0. The van der Waals surface area contributed by atoms with Gasteiger partial charge in [0.05, 0.1) is 22.7 Å². The fourth-order valence-corrected chi connectivity index (χ4v) is 10.5. The molecule has 0 fully saturated rings. The fraction of sp³-hybridized carbons (Fsp3) is 0.206. The van der Waals surface area contributed by atoms with Crippen molar-refractivity contribution in [2.45, 2.75) is 81.6 Å². The summed E-state index contributed by atoms with van der Waals surface area (Å²) in [7, 11) is 0. The van der Waals surface area contributed by atoms with Crippen LogP contribution >= 0.6 is 0 Å². The van der Waals surface area contributed by atoms with E-state index < -0.39 is 0 Å². The summed E-state index contributed by atoms with van der Waals surface area (Å²) < 4.78 is 13.8. The zero-order valence-electron chi connectivity index (χ0n) is 40.6. The van der Waals surface area contributed by atoms with E-state index in [1.54, 1.807) is 0 Å². The van der Waals surface area contributed by atoms with Crippen LogP contribution in [0.4, 0.5) is 28.4 Å². The maximum Gasteiger partial charge on any atom is 0.159 e. The zero-order valence-corrected chi connectivity index (χ0v) is 40.6. The van der Waals surface area contributed by atoms with Gasteiger partial charge >= 0.3 is 0 Å². The summed E-state index contributed by atoms with van der Waals surface area (Å²) in [6.07, 6.45) is 14.2. The smallest absolute Gasteiger partial charge is 0.159 e. The molecule has 8 aromatic carbocycles. The summed E-state index contributed by atoms with van der Waals surface area (Å²) in [5.41, 5.74) is 15.1. The molecular formula is C63H60N2O2. The van der Waals surface area contributed by atoms with Crippen molar-refractivity contribution in [3.8, 4) is 0 Å². The molecule has 0 aliphatic carbocycles. The molecule has 0 N–H and O–H groups in total. The van der Waals surface area contributed by atoms with E-state index >= 15 is 0 Å². The predicted octanol–water partition coefficient (Wildman–Crippen LogP) is 19.4. The van der Waals surface area contributed by atoms with Crippen LogP contribution in [-0.2, 0) is 0 Å². The third-order valence-electron chi connectivity index (χ3n) is 13.3. The first kappa shape index (κ1) is 43.6. The second-order valence-corrected chi connectivity index (χ2v) is 19.1. The molecular weight excluding hydrogens is 817 g/mol. The van der Waals surface area contributed by atoms with Gasteiger partial charge in [-0.15, -0.1) is 0 Å². The quantitative estimate of drug-likeness (QED) is 0.0904. The van der Waals surface area contributed by atoms with Gasteiger partial charge in [-0.3, -0.25) is 0 Å². The second kappa shape index (κ2) is 17.5. The Morgan fingerprint density at radius 3 is 1.85 bits per heavy atom. The van der Waals surface area contributed by atoms with Crippen LogP contribution in [0.3, 0.4) is 0 Å². The SMILES string of the molecule is CC/C=C(C)\C=C(/C)N(c1ccc2ccc3c(N(c4cc(C)cc(C)c4)c4cccc5c(/C=C\C=C\C(C)C)c(C)oc45)ccc4ccc1c2c43)c1cccc2c1oc1c(C(C)C)cccc12. The maximum absolute atomic E-state index is 7.02. The molecule has 0 amide bonds. The molecule has 4 nitrogen and oxygen atoms in total. The minimum Gasteiger partial charge on any atom is -0.459 e. The van der Waals surface area contributed by atoms with Crippen LogP contribution in [0.5, 0.6) is 0 Å². The van der Waals surface area contributed by atoms with Gasteiger partial charge in [0.2, 0.25) is 0 Å². The molecule has 4 heteroatoms. The minimum atomic E-state index is 0.327. The summed E-state index contributed by atoms with van der Waals surface area (Å²) in [6.45, 7) is 21.9. The van der Waals surface area contributed by atoms with Crippen molar-refractivity contribution in [2.24, 2.45) is 5.92 Å². The highest BCUT2D eigenvalue weighted by atomic mass is 16.3. The van der Waals surface area contributed by atoms with Crippen molar-refractivity contribution < 1.29 is 8.83 Å². The van der Waals surface area contributed by atoms with E-state index in [0.717, 1.165) is 84.8 Å². The van der Waals surface area contributed by atoms with Crippen LogP contribution in [0, 0.1) is 26.7 Å². The normalized spacial score (nSPS) is 13.0. The molecule has 0 aliphatic rings. The average molecular weight is 877 g/mol. The molecule has 0 atom stereocenters. The molecule has 10 aromatic rings. The van der Waals surface area contributed by atoms with Gasteiger partial charge in [0.1, 0.15) is 11.3 Å². The molecule has 67 heavy (non-hydrogen) atoms. The van der Waals surface area contributed by atoms with Crippen molar-refractivity contribution in [1.29, 1.82) is 0 Å². The number of allylic oxidation sites excluding steroid dienone is 7. The molecule has 0 saturated heterocycles. The predicted molar refractivity (Wildman–Crippen MR) is 290 cm³/mol. The van der Waals surface area contributed by atoms with E-state index in [-0.39, 0.29) is 0 Å². The molecule has 0 radical (unpaired) electrons. The lowest BCUT2D eigenvalue weighted by molar-refractivity contribution is 0.578. The Morgan fingerprint density at radius 2 is 1.18 bits per heavy atom. The van der Waals surface area contributed by atoms with Crippen LogP contribution in [-0.4, -0.2) is 0 Å². The zero-order chi connectivity index (χ0) is 46.7. The van der Waals surface area contributed by atoms with E-state index in [4.69, 9.17) is 8.83 Å². The lowest BCUT2D eigenvalue weighted by Crippen LogP contribution is -2.15. The Labute approximate surface area is 395 Å². The first-order chi connectivity index (χ1) is 32.4. The van der Waals surface area contributed by atoms with Gasteiger partial charge in [0.25, 0.3) is 0 Å². The van der Waals surface area contributed by atoms with Crippen molar-refractivity contribution in [2.75, 3.05) is 9.80 Å². The van der Waals surface area contributed by atoms with E-state index in [1.807, 2.05) is 0 Å². The molecule has 2 aromatic heterocycles. The lowest BCUT2D eigenvalue weighted by atomic mass is 9.91. The standard InChI is InChI=1S/C63H60N2O2/c1-11-17-40(6)35-43(9)64(57-24-16-23-52-51-21-14-20-48(39(4)5)61(51)67-63(52)57)55-32-28-45-27-31-54-56(33-29-46-26-30-53(55)59(45)60(46)54)65(47-36-41(7)34-42(8)37-47)58-25-15-22-50-49(44(10)66-62(50)58)19-13-12-18-38(2)3/h12-39H,11H2,1-10H3/b18-12+,19-13-,40-17-,43-35+. The van der Waals surface area contributed by atoms with Gasteiger partial charge in [-0.25, -0.2) is 0 Å². The number of fused-ring (bicyclic) bond motifs is 4. The van der Waals surface area contributed by atoms with Crippen LogP contribution in [0.2, 0.25) is 0 Å². The van der Waals surface area contributed by atoms with Gasteiger partial charge in [0, 0.05) is 43.9 Å². The fourth-order valence-electron chi connectivity index (χ4n) is 10.5. The van der Waals surface area contributed by atoms with Gasteiger partial charge < -0.3 is 18.6 Å². The van der Waals surface area contributed by atoms with Crippen LogP contribution < -0.4 is 9.80 Å². The number of hydrogen-bond acceptors (Lipinski definition) is 4. The number of hydrogen-bond donors (Lipinski definition) is 0. The Kier molecular flexibility index (Phi) is 11.4. The second-order valence-electron chi connectivity index (χ2n) is 19.1. The van der Waals surface area contributed by atoms with E-state index in [9.17, 15) is 0 Å². The van der Waals surface area contributed by atoms with Gasteiger partial charge in [0.15, 0.2) is 11.2 Å². The highest BCUT2D eigenvalue weighted by Gasteiger charge is 2.26. The van der Waals surface area contributed by atoms with Crippen LogP contribution in [0.25, 0.3) is 71.3 Å². The molecule has 0 unspecified atom stereocenters. The monoisotopic (exact) mass is 876 g/mol. The third kappa shape index (κ3) is 7.69. The Bertz CT molecular complexity index is 3620. The van der Waals surface area contributed by atoms with Crippen molar-refractivity contribution in [3.63, 3.8) is 0 Å². The third-order valence-corrected chi connectivity index (χ3v) is 13.3. The highest BCUT2D eigenvalue weighted by molar-refractivity contribution is 6.28. The maximum atomic E-state index is 7.02. The van der Waals surface area contributed by atoms with Crippen LogP contribution in [0.15, 0.2) is 172 Å². The summed E-state index contributed by atoms with van der Waals surface area (Å²) in [5.74, 6) is 1.70. The van der Waals surface area contributed by atoms with Gasteiger partial charge in [-0.05, 0) is 134 Å². The van der Waals surface area contributed by atoms with Crippen molar-refractivity contribution in [3.05, 3.63) is 191 Å². The van der Waals surface area contributed by atoms with E-state index in [0.29, 0.717) is 11.8 Å². The largest absolute Gasteiger partial charge is 0.459 e. The summed E-state index contributed by atoms with van der Waals surface area (Å²) >= 11 is 0. The molecule has 334 valence electrons. The van der Waals surface area contributed by atoms with E-state index in [2.05, 4.69) is 237 Å². The average Bonchev–Trinajstić information content (AvgIpc) is 3.85. The number of furan rings is 2. The minimum absolute atomic E-state index is 0.327. The van der Waals surface area contributed by atoms with Crippen LogP contribution in [0.1, 0.15) is 88.8 Å². The van der Waals surface area contributed by atoms with E-state index in [1.165, 1.54) is 54.6 Å². The molecule has 0 bridgehead atoms. The number of rotatable bonds is 12. The molecule has 0 saturated carbocycles. The summed E-state index contributed by atoms with van der Waals surface area (Å²) in [6, 6.07) is 45.0. The lowest BCUT2D eigenvalue weighted by Gasteiger charge is -2.30. The molecule has 0 aliphatic heterocycles. The van der Waals surface area contributed by atoms with Gasteiger partial charge in [-0.1, -0.05) is 156 Å². The Morgan fingerprint density at radius 1 is 0.582 bits per heavy atom. The van der Waals surface area contributed by atoms with Crippen molar-refractivity contribution >= 4 is 99.7 Å². The van der Waals surface area contributed by atoms with Crippen molar-refractivity contribution in [1.82, 2.24) is 0 Å². The Balaban J connectivity index is 1.23. The topological polar surface area (TPSA) is 32.8 Å². The Hall–Kier alpha value is -7.30. The number of anilines is 5. The number of nitrogens with zero attached hydrogens (tertiary/aromatic N) is 2. The summed E-state index contributed by atoms with van der Waals surface area (Å²) in [5, 5.41) is 10.6. The molecule has 2 heterocycles. The molecule has 10 rings (SSSR count). The van der Waals surface area contributed by atoms with Gasteiger partial charge in [-0.2, -0.15) is 0 Å².